The van der Waals surface area contributed by atoms with Gasteiger partial charge in [-0.25, -0.2) is 27.3 Å². The number of benzene rings is 2. The normalized spacial score (nSPS) is 12.6. The van der Waals surface area contributed by atoms with Crippen molar-refractivity contribution in [1.82, 2.24) is 21.7 Å². The predicted molar refractivity (Wildman–Crippen MR) is 134 cm³/mol. The Morgan fingerprint density at radius 2 is 1.03 bits per heavy atom. The molecule has 2 aromatic carbocycles. The van der Waals surface area contributed by atoms with E-state index in [0.29, 0.717) is 22.8 Å². The fourth-order valence-corrected chi connectivity index (χ4v) is 2.48. The van der Waals surface area contributed by atoms with Gasteiger partial charge in [0.25, 0.3) is 0 Å². The molecule has 0 unspecified atom stereocenters. The zero-order valence-corrected chi connectivity index (χ0v) is 18.6. The number of guanidine groups is 2. The second kappa shape index (κ2) is 12.8. The number of hydrazine groups is 2. The zero-order valence-electron chi connectivity index (χ0n) is 18.6. The molecule has 0 aliphatic carbocycles. The van der Waals surface area contributed by atoms with E-state index in [1.165, 1.54) is 0 Å². The van der Waals surface area contributed by atoms with Gasteiger partial charge in [0.2, 0.25) is 11.9 Å². The van der Waals surface area contributed by atoms with Crippen molar-refractivity contribution in [3.8, 4) is 0 Å². The van der Waals surface area contributed by atoms with Gasteiger partial charge in [-0.05, 0) is 49.2 Å². The molecule has 0 bridgehead atoms. The average molecular weight is 469 g/mol. The van der Waals surface area contributed by atoms with Gasteiger partial charge < -0.3 is 22.3 Å². The Hall–Kier alpha value is -4.89. The summed E-state index contributed by atoms with van der Waals surface area (Å²) in [6.45, 7) is 3.58. The number of anilines is 2. The molecule has 0 aromatic heterocycles. The van der Waals surface area contributed by atoms with Crippen molar-refractivity contribution in [1.29, 1.82) is 0 Å². The fraction of sp³-hybridized carbons (Fsp3) is 0.105. The van der Waals surface area contributed by atoms with E-state index in [0.717, 1.165) is 11.1 Å². The minimum atomic E-state index is -0.393. The van der Waals surface area contributed by atoms with Gasteiger partial charge in [-0.15, -0.1) is 10.2 Å². The van der Waals surface area contributed by atoms with E-state index >= 15 is 0 Å². The Morgan fingerprint density at radius 3 is 1.32 bits per heavy atom. The first-order chi connectivity index (χ1) is 16.4. The number of hydrazone groups is 4. The molecule has 15 heteroatoms. The molecule has 0 radical (unpaired) electrons. The van der Waals surface area contributed by atoms with Crippen LogP contribution in [0.25, 0.3) is 0 Å². The highest BCUT2D eigenvalue weighted by Gasteiger charge is 2.05. The third-order valence-corrected chi connectivity index (χ3v) is 4.31. The molecule has 2 rings (SSSR count). The summed E-state index contributed by atoms with van der Waals surface area (Å²) in [7, 11) is 0. The van der Waals surface area contributed by atoms with Crippen molar-refractivity contribution in [2.75, 3.05) is 10.6 Å². The summed E-state index contributed by atoms with van der Waals surface area (Å²) in [4.78, 5) is 12.3. The van der Waals surface area contributed by atoms with Crippen molar-refractivity contribution < 1.29 is 4.79 Å². The molecule has 0 aliphatic heterocycles. The fourth-order valence-electron chi connectivity index (χ4n) is 2.48. The van der Waals surface area contributed by atoms with Gasteiger partial charge in [0, 0.05) is 11.4 Å². The largest absolute Gasteiger partial charge is 0.323 e. The van der Waals surface area contributed by atoms with Gasteiger partial charge in [-0.2, -0.15) is 10.2 Å². The van der Waals surface area contributed by atoms with Crippen LogP contribution in [0.3, 0.4) is 0 Å². The van der Waals surface area contributed by atoms with E-state index in [1.807, 2.05) is 0 Å². The number of nitrogens with zero attached hydrogens (tertiary/aromatic N) is 4. The molecule has 180 valence electrons. The van der Waals surface area contributed by atoms with Crippen molar-refractivity contribution in [3.05, 3.63) is 59.7 Å². The van der Waals surface area contributed by atoms with Crippen LogP contribution in [0.1, 0.15) is 25.0 Å². The number of amides is 2. The van der Waals surface area contributed by atoms with Crippen molar-refractivity contribution in [3.63, 3.8) is 0 Å². The Labute approximate surface area is 195 Å². The summed E-state index contributed by atoms with van der Waals surface area (Å²) in [6.07, 6.45) is 0. The first kappa shape index (κ1) is 25.4. The molecule has 2 amide bonds. The lowest BCUT2D eigenvalue weighted by Gasteiger charge is -2.10. The van der Waals surface area contributed by atoms with Crippen LogP contribution in [0, 0.1) is 0 Å². The van der Waals surface area contributed by atoms with Crippen LogP contribution in [0.2, 0.25) is 0 Å². The summed E-state index contributed by atoms with van der Waals surface area (Å²) < 4.78 is 0. The quantitative estimate of drug-likeness (QED) is 0.112. The predicted octanol–water partition coefficient (Wildman–Crippen LogP) is -0.656. The van der Waals surface area contributed by atoms with E-state index in [-0.39, 0.29) is 11.9 Å². The van der Waals surface area contributed by atoms with Crippen molar-refractivity contribution >= 4 is 40.7 Å². The van der Waals surface area contributed by atoms with Crippen LogP contribution < -0.4 is 55.7 Å². The first-order valence-corrected chi connectivity index (χ1v) is 9.78. The Morgan fingerprint density at radius 1 is 0.676 bits per heavy atom. The summed E-state index contributed by atoms with van der Waals surface area (Å²) >= 11 is 0. The molecular formula is C19H28N14O. The van der Waals surface area contributed by atoms with Gasteiger partial charge in [0.15, 0.2) is 0 Å². The van der Waals surface area contributed by atoms with Gasteiger partial charge in [0.05, 0.1) is 11.4 Å². The highest BCUT2D eigenvalue weighted by atomic mass is 16.2. The number of urea groups is 1. The maximum Gasteiger partial charge on any atom is 0.323 e. The zero-order chi connectivity index (χ0) is 24.9. The van der Waals surface area contributed by atoms with Crippen molar-refractivity contribution in [2.45, 2.75) is 13.8 Å². The summed E-state index contributed by atoms with van der Waals surface area (Å²) in [6, 6.07) is 13.8. The lowest BCUT2D eigenvalue weighted by Crippen LogP contribution is -2.40. The van der Waals surface area contributed by atoms with E-state index in [4.69, 9.17) is 23.4 Å². The Balaban J connectivity index is 1.93. The smallest absolute Gasteiger partial charge is 0.320 e. The number of hydrogen-bond donors (Lipinski definition) is 10. The summed E-state index contributed by atoms with van der Waals surface area (Å²) in [5.74, 6) is 20.9. The number of nitrogens with two attached hydrogens (primary N) is 4. The molecule has 15 nitrogen and oxygen atoms in total. The third kappa shape index (κ3) is 7.66. The lowest BCUT2D eigenvalue weighted by atomic mass is 10.1. The molecular weight excluding hydrogens is 440 g/mol. The van der Waals surface area contributed by atoms with Crippen LogP contribution in [-0.2, 0) is 0 Å². The molecule has 0 saturated heterocycles. The molecule has 0 fully saturated rings. The third-order valence-electron chi connectivity index (χ3n) is 4.31. The molecule has 14 N–H and O–H groups in total. The highest BCUT2D eigenvalue weighted by Crippen LogP contribution is 2.13. The van der Waals surface area contributed by atoms with Crippen LogP contribution in [0.15, 0.2) is 68.9 Å². The van der Waals surface area contributed by atoms with Crippen LogP contribution in [-0.4, -0.2) is 29.4 Å². The second-order valence-electron chi connectivity index (χ2n) is 6.60. The lowest BCUT2D eigenvalue weighted by molar-refractivity contribution is 0.262. The maximum atomic E-state index is 12.3. The van der Waals surface area contributed by atoms with E-state index < -0.39 is 6.03 Å². The molecule has 0 heterocycles. The number of carbonyl (C=O) groups excluding carboxylic acids is 1. The summed E-state index contributed by atoms with van der Waals surface area (Å²) in [5.41, 5.74) is 13.9. The van der Waals surface area contributed by atoms with E-state index in [2.05, 4.69) is 52.7 Å². The molecule has 0 saturated carbocycles. The van der Waals surface area contributed by atoms with E-state index in [1.54, 1.807) is 62.4 Å². The van der Waals surface area contributed by atoms with Crippen LogP contribution >= 0.6 is 0 Å². The monoisotopic (exact) mass is 468 g/mol. The Bertz CT molecular complexity index is 988. The Kier molecular flexibility index (Phi) is 9.58. The first-order valence-electron chi connectivity index (χ1n) is 9.78. The minimum absolute atomic E-state index is 0.112. The molecule has 0 aliphatic rings. The van der Waals surface area contributed by atoms with Gasteiger partial charge in [-0.1, -0.05) is 24.3 Å². The molecule has 2 aromatic rings. The standard InChI is InChI=1S/C19H28N14O/c1-11(30-32-17(26-20)27-21)13-3-7-15(8-4-13)24-19(34)25-16-9-5-14(6-10-16)12(2)31-33-18(28-22)29-23/h3-10H,20-23H2,1-2H3,(H2,24,25,34)(H2,26,27,32)(H2,28,29,33). The minimum Gasteiger partial charge on any atom is -0.320 e. The van der Waals surface area contributed by atoms with Crippen molar-refractivity contribution in [2.24, 2.45) is 43.8 Å². The summed E-state index contributed by atoms with van der Waals surface area (Å²) in [5, 5.41) is 20.5. The molecule has 34 heavy (non-hydrogen) atoms. The highest BCUT2D eigenvalue weighted by molar-refractivity contribution is 6.03. The molecule has 0 spiro atoms. The molecule has 0 atom stereocenters. The number of nitrogens with one attached hydrogen (secondary N) is 6. The number of rotatable bonds is 6. The topological polar surface area (TPSA) is 243 Å². The van der Waals surface area contributed by atoms with Crippen LogP contribution in [0.5, 0.6) is 0 Å². The average Bonchev–Trinajstić information content (AvgIpc) is 2.85. The van der Waals surface area contributed by atoms with E-state index in [9.17, 15) is 4.79 Å². The van der Waals surface area contributed by atoms with Gasteiger partial charge >= 0.3 is 6.03 Å². The van der Waals surface area contributed by atoms with Gasteiger partial charge in [-0.3, -0.25) is 10.9 Å². The van der Waals surface area contributed by atoms with Gasteiger partial charge in [0.1, 0.15) is 0 Å². The van der Waals surface area contributed by atoms with Crippen LogP contribution in [0.4, 0.5) is 16.2 Å². The number of hydrogen-bond acceptors (Lipinski definition) is 9. The SMILES string of the molecule is CC(=NNC(=NN)NN)c1ccc(NC(=O)Nc2ccc(C(C)=NNC(=NN)NN)cc2)cc1. The second-order valence-corrected chi connectivity index (χ2v) is 6.60. The number of carbonyl (C=O) groups is 1. The maximum absolute atomic E-state index is 12.3.